The van der Waals surface area contributed by atoms with Gasteiger partial charge in [0, 0.05) is 44.6 Å². The molecule has 0 bridgehead atoms. The first kappa shape index (κ1) is 18.6. The fraction of sp³-hybridized carbons (Fsp3) is 0.389. The number of halogens is 3. The topological polar surface area (TPSA) is 72.0 Å². The second-order valence-electron chi connectivity index (χ2n) is 6.68. The van der Waals surface area contributed by atoms with Crippen molar-refractivity contribution in [2.24, 2.45) is 7.05 Å². The maximum Gasteiger partial charge on any atom is 0.416 e. The Morgan fingerprint density at radius 1 is 1.32 bits per heavy atom. The maximum atomic E-state index is 12.9. The van der Waals surface area contributed by atoms with E-state index in [1.807, 2.05) is 17.8 Å². The molecular weight excluding hydrogens is 373 g/mol. The van der Waals surface area contributed by atoms with Crippen LogP contribution < -0.4 is 5.32 Å². The van der Waals surface area contributed by atoms with Gasteiger partial charge in [-0.15, -0.1) is 0 Å². The van der Waals surface area contributed by atoms with E-state index in [0.29, 0.717) is 12.4 Å². The summed E-state index contributed by atoms with van der Waals surface area (Å²) >= 11 is 0. The Labute approximate surface area is 159 Å². The monoisotopic (exact) mass is 392 g/mol. The third-order valence-corrected chi connectivity index (χ3v) is 4.77. The molecule has 1 aromatic carbocycles. The molecule has 148 valence electrons. The highest BCUT2D eigenvalue weighted by atomic mass is 19.4. The summed E-state index contributed by atoms with van der Waals surface area (Å²) in [6.45, 7) is 2.71. The largest absolute Gasteiger partial charge is 0.416 e. The molecule has 0 radical (unpaired) electrons. The van der Waals surface area contributed by atoms with Crippen molar-refractivity contribution in [2.45, 2.75) is 18.8 Å². The van der Waals surface area contributed by atoms with Gasteiger partial charge < -0.3 is 14.4 Å². The van der Waals surface area contributed by atoms with Crippen LogP contribution in [0.4, 0.5) is 13.2 Å². The van der Waals surface area contributed by atoms with Gasteiger partial charge in [-0.05, 0) is 12.1 Å². The number of benzene rings is 1. The summed E-state index contributed by atoms with van der Waals surface area (Å²) in [7, 11) is 1.94. The lowest BCUT2D eigenvalue weighted by molar-refractivity contribution is -0.137. The standard InChI is InChI=1S/C18H19F3N6O/c1-26-7-6-23-17(26)14-10-22-5-8-27(14)11-15-24-16(25-28-15)12-3-2-4-13(9-12)18(19,20)21/h2-4,6-7,9,14,22H,5,8,10-11H2,1H3. The summed E-state index contributed by atoms with van der Waals surface area (Å²) in [4.78, 5) is 10.9. The van der Waals surface area contributed by atoms with Gasteiger partial charge in [0.25, 0.3) is 0 Å². The number of alkyl halides is 3. The number of imidazole rings is 1. The molecule has 0 amide bonds. The van der Waals surface area contributed by atoms with E-state index in [1.54, 1.807) is 6.20 Å². The number of nitrogens with one attached hydrogen (secondary N) is 1. The molecule has 3 aromatic rings. The number of hydrogen-bond donors (Lipinski definition) is 1. The van der Waals surface area contributed by atoms with Gasteiger partial charge in [-0.1, -0.05) is 17.3 Å². The van der Waals surface area contributed by atoms with Gasteiger partial charge in [-0.25, -0.2) is 4.98 Å². The van der Waals surface area contributed by atoms with Crippen LogP contribution in [0, 0.1) is 0 Å². The molecule has 0 saturated carbocycles. The zero-order valence-corrected chi connectivity index (χ0v) is 15.1. The van der Waals surface area contributed by atoms with Gasteiger partial charge in [-0.3, -0.25) is 4.90 Å². The van der Waals surface area contributed by atoms with Gasteiger partial charge in [0.1, 0.15) is 5.82 Å². The van der Waals surface area contributed by atoms with E-state index in [2.05, 4.69) is 25.3 Å². The summed E-state index contributed by atoms with van der Waals surface area (Å²) in [5, 5.41) is 7.21. The third kappa shape index (κ3) is 3.78. The van der Waals surface area contributed by atoms with Crippen LogP contribution in [0.15, 0.2) is 41.2 Å². The van der Waals surface area contributed by atoms with E-state index in [9.17, 15) is 13.2 Å². The molecule has 3 heterocycles. The molecule has 2 aromatic heterocycles. The van der Waals surface area contributed by atoms with E-state index < -0.39 is 11.7 Å². The van der Waals surface area contributed by atoms with Crippen molar-refractivity contribution in [1.29, 1.82) is 0 Å². The Hall–Kier alpha value is -2.72. The van der Waals surface area contributed by atoms with Gasteiger partial charge in [0.05, 0.1) is 18.2 Å². The van der Waals surface area contributed by atoms with Crippen LogP contribution in [0.1, 0.15) is 23.3 Å². The average molecular weight is 392 g/mol. The van der Waals surface area contributed by atoms with Crippen molar-refractivity contribution >= 4 is 0 Å². The second-order valence-corrected chi connectivity index (χ2v) is 6.68. The minimum atomic E-state index is -4.42. The van der Waals surface area contributed by atoms with Gasteiger partial charge in [0.15, 0.2) is 0 Å². The highest BCUT2D eigenvalue weighted by Crippen LogP contribution is 2.31. The van der Waals surface area contributed by atoms with E-state index in [1.165, 1.54) is 12.1 Å². The van der Waals surface area contributed by atoms with Gasteiger partial charge >= 0.3 is 6.18 Å². The molecule has 1 aliphatic rings. The number of piperazine rings is 1. The molecule has 0 aliphatic carbocycles. The van der Waals surface area contributed by atoms with Crippen molar-refractivity contribution in [3.63, 3.8) is 0 Å². The maximum absolute atomic E-state index is 12.9. The summed E-state index contributed by atoms with van der Waals surface area (Å²) in [5.74, 6) is 1.42. The van der Waals surface area contributed by atoms with Crippen LogP contribution in [-0.4, -0.2) is 44.2 Å². The van der Waals surface area contributed by atoms with Gasteiger partial charge in [0.2, 0.25) is 11.7 Å². The Bertz CT molecular complexity index is 951. The minimum absolute atomic E-state index is 0.0395. The molecule has 1 fully saturated rings. The molecule has 4 rings (SSSR count). The second kappa shape index (κ2) is 7.36. The smallest absolute Gasteiger partial charge is 0.338 e. The van der Waals surface area contributed by atoms with Gasteiger partial charge in [-0.2, -0.15) is 18.2 Å². The lowest BCUT2D eigenvalue weighted by atomic mass is 10.1. The average Bonchev–Trinajstić information content (AvgIpc) is 3.31. The molecule has 1 unspecified atom stereocenters. The van der Waals surface area contributed by atoms with E-state index in [-0.39, 0.29) is 17.4 Å². The van der Waals surface area contributed by atoms with Crippen molar-refractivity contribution in [1.82, 2.24) is 29.9 Å². The Morgan fingerprint density at radius 3 is 2.93 bits per heavy atom. The van der Waals surface area contributed by atoms with Crippen LogP contribution in [0.5, 0.6) is 0 Å². The van der Waals surface area contributed by atoms with Crippen LogP contribution >= 0.6 is 0 Å². The zero-order chi connectivity index (χ0) is 19.7. The van der Waals surface area contributed by atoms with Crippen LogP contribution in [-0.2, 0) is 19.8 Å². The predicted octanol–water partition coefficient (Wildman–Crippen LogP) is 2.64. The minimum Gasteiger partial charge on any atom is -0.338 e. The number of hydrogen-bond acceptors (Lipinski definition) is 6. The van der Waals surface area contributed by atoms with E-state index in [0.717, 1.165) is 37.6 Å². The molecule has 1 atom stereocenters. The first-order valence-electron chi connectivity index (χ1n) is 8.84. The molecule has 1 N–H and O–H groups in total. The molecule has 0 spiro atoms. The SMILES string of the molecule is Cn1ccnc1C1CNCCN1Cc1nc(-c2cccc(C(F)(F)F)c2)no1. The summed E-state index contributed by atoms with van der Waals surface area (Å²) in [6, 6.07) is 4.95. The molecule has 28 heavy (non-hydrogen) atoms. The van der Waals surface area contributed by atoms with E-state index >= 15 is 0 Å². The zero-order valence-electron chi connectivity index (χ0n) is 15.1. The predicted molar refractivity (Wildman–Crippen MR) is 94.0 cm³/mol. The molecule has 10 heteroatoms. The third-order valence-electron chi connectivity index (χ3n) is 4.77. The highest BCUT2D eigenvalue weighted by molar-refractivity contribution is 5.55. The van der Waals surface area contributed by atoms with Crippen molar-refractivity contribution in [3.05, 3.63) is 53.9 Å². The van der Waals surface area contributed by atoms with Crippen molar-refractivity contribution in [3.8, 4) is 11.4 Å². The van der Waals surface area contributed by atoms with Crippen LogP contribution in [0.2, 0.25) is 0 Å². The molecular formula is C18H19F3N6O. The Kier molecular flexibility index (Phi) is 4.90. The Morgan fingerprint density at radius 2 is 2.18 bits per heavy atom. The highest BCUT2D eigenvalue weighted by Gasteiger charge is 2.31. The number of aromatic nitrogens is 4. The summed E-state index contributed by atoms with van der Waals surface area (Å²) in [5.41, 5.74) is -0.473. The summed E-state index contributed by atoms with van der Waals surface area (Å²) in [6.07, 6.45) is -0.778. The first-order valence-corrected chi connectivity index (χ1v) is 8.84. The van der Waals surface area contributed by atoms with Crippen molar-refractivity contribution < 1.29 is 17.7 Å². The number of nitrogens with zero attached hydrogens (tertiary/aromatic N) is 5. The van der Waals surface area contributed by atoms with Crippen LogP contribution in [0.3, 0.4) is 0 Å². The van der Waals surface area contributed by atoms with E-state index in [4.69, 9.17) is 4.52 Å². The first-order chi connectivity index (χ1) is 13.4. The van der Waals surface area contributed by atoms with Crippen molar-refractivity contribution in [2.75, 3.05) is 19.6 Å². The fourth-order valence-corrected chi connectivity index (χ4v) is 3.33. The number of rotatable bonds is 4. The normalized spacial score (nSPS) is 18.5. The molecule has 1 aliphatic heterocycles. The lowest BCUT2D eigenvalue weighted by Gasteiger charge is -2.34. The fourth-order valence-electron chi connectivity index (χ4n) is 3.33. The lowest BCUT2D eigenvalue weighted by Crippen LogP contribution is -2.46. The Balaban J connectivity index is 1.54. The molecule has 1 saturated heterocycles. The summed E-state index contributed by atoms with van der Waals surface area (Å²) < 4.78 is 46.0. The van der Waals surface area contributed by atoms with Crippen LogP contribution in [0.25, 0.3) is 11.4 Å². The molecule has 7 nitrogen and oxygen atoms in total. The number of aryl methyl sites for hydroxylation is 1. The quantitative estimate of drug-likeness (QED) is 0.736.